The van der Waals surface area contributed by atoms with E-state index in [2.05, 4.69) is 54.6 Å². The summed E-state index contributed by atoms with van der Waals surface area (Å²) in [6.07, 6.45) is 0.744. The normalized spacial score (nSPS) is 11.3. The number of ether oxygens (including phenoxy) is 1. The summed E-state index contributed by atoms with van der Waals surface area (Å²) in [6.45, 7) is -0.499. The molecule has 4 heteroatoms. The highest BCUT2D eigenvalue weighted by Gasteiger charge is 2.45. The highest BCUT2D eigenvalue weighted by atomic mass is 31.2. The van der Waals surface area contributed by atoms with Crippen molar-refractivity contribution >= 4 is 23.2 Å². The molecular weight excluding hydrogens is 408 g/mol. The summed E-state index contributed by atoms with van der Waals surface area (Å²) < 4.78 is 32.0. The lowest BCUT2D eigenvalue weighted by atomic mass is 10.2. The van der Waals surface area contributed by atoms with E-state index in [1.165, 1.54) is 22.7 Å². The van der Waals surface area contributed by atoms with E-state index in [1.807, 2.05) is 42.5 Å². The van der Waals surface area contributed by atoms with Crippen LogP contribution in [0.25, 0.3) is 0 Å². The van der Waals surface area contributed by atoms with Crippen LogP contribution in [-0.4, -0.2) is 13.3 Å². The molecule has 0 aliphatic heterocycles. The van der Waals surface area contributed by atoms with Gasteiger partial charge in [-0.1, -0.05) is 54.6 Å². The van der Waals surface area contributed by atoms with Gasteiger partial charge in [0.2, 0.25) is 0 Å². The molecule has 0 saturated carbocycles. The van der Waals surface area contributed by atoms with E-state index in [4.69, 9.17) is 4.74 Å². The molecule has 0 atom stereocenters. The lowest BCUT2D eigenvalue weighted by Crippen LogP contribution is -2.32. The van der Waals surface area contributed by atoms with Gasteiger partial charge in [-0.3, -0.25) is 0 Å². The van der Waals surface area contributed by atoms with Crippen molar-refractivity contribution in [3.05, 3.63) is 121 Å². The van der Waals surface area contributed by atoms with Crippen LogP contribution in [-0.2, 0) is 6.16 Å². The summed E-state index contributed by atoms with van der Waals surface area (Å²) >= 11 is 0. The van der Waals surface area contributed by atoms with Gasteiger partial charge in [-0.25, -0.2) is 8.78 Å². The van der Waals surface area contributed by atoms with Crippen LogP contribution in [0.2, 0.25) is 0 Å². The molecule has 0 aromatic heterocycles. The van der Waals surface area contributed by atoms with Crippen LogP contribution < -0.4 is 20.7 Å². The zero-order valence-corrected chi connectivity index (χ0v) is 18.0. The van der Waals surface area contributed by atoms with Gasteiger partial charge >= 0.3 is 0 Å². The average Bonchev–Trinajstić information content (AvgIpc) is 2.84. The van der Waals surface area contributed by atoms with Crippen LogP contribution in [0, 0.1) is 5.82 Å². The van der Waals surface area contributed by atoms with Gasteiger partial charge in [-0.15, -0.1) is 0 Å². The van der Waals surface area contributed by atoms with E-state index in [-0.39, 0.29) is 12.4 Å². The number of alkyl halides is 1. The van der Waals surface area contributed by atoms with Crippen molar-refractivity contribution in [1.82, 2.24) is 0 Å². The zero-order valence-electron chi connectivity index (χ0n) is 17.1. The number of halogens is 2. The Balaban J connectivity index is 1.95. The van der Waals surface area contributed by atoms with E-state index in [0.717, 1.165) is 17.0 Å². The first-order chi connectivity index (χ1) is 15.2. The molecule has 0 amide bonds. The van der Waals surface area contributed by atoms with E-state index >= 15 is 0 Å². The Morgan fingerprint density at radius 3 is 1.81 bits per heavy atom. The maximum atomic E-state index is 13.6. The fourth-order valence-electron chi connectivity index (χ4n) is 3.92. The largest absolute Gasteiger partial charge is 0.491 e. The molecule has 0 aliphatic carbocycles. The number of benzene rings is 4. The quantitative estimate of drug-likeness (QED) is 0.326. The third-order valence-electron chi connectivity index (χ3n) is 5.33. The molecule has 156 valence electrons. The first kappa shape index (κ1) is 21.2. The monoisotopic (exact) mass is 432 g/mol. The average molecular weight is 432 g/mol. The fraction of sp³-hybridized carbons (Fsp3) is 0.111. The van der Waals surface area contributed by atoms with Crippen molar-refractivity contribution < 1.29 is 13.5 Å². The molecule has 0 unspecified atom stereocenters. The van der Waals surface area contributed by atoms with Crippen LogP contribution >= 0.6 is 7.26 Å². The fourth-order valence-corrected chi connectivity index (χ4v) is 8.17. The van der Waals surface area contributed by atoms with Crippen molar-refractivity contribution in [3.63, 3.8) is 0 Å². The van der Waals surface area contributed by atoms with Crippen LogP contribution in [0.3, 0.4) is 0 Å². The topological polar surface area (TPSA) is 9.23 Å². The van der Waals surface area contributed by atoms with Crippen molar-refractivity contribution in [1.29, 1.82) is 0 Å². The third-order valence-corrected chi connectivity index (χ3v) is 9.69. The highest BCUT2D eigenvalue weighted by molar-refractivity contribution is 7.95. The number of hydrogen-bond donors (Lipinski definition) is 0. The molecule has 0 spiro atoms. The molecule has 4 rings (SSSR count). The lowest BCUT2D eigenvalue weighted by Gasteiger charge is -2.28. The molecular formula is C27H24F2OP+. The summed E-state index contributed by atoms with van der Waals surface area (Å²) in [6, 6.07) is 35.7. The lowest BCUT2D eigenvalue weighted by molar-refractivity contribution is 0.273. The summed E-state index contributed by atoms with van der Waals surface area (Å²) in [5, 5.41) is 3.60. The predicted molar refractivity (Wildman–Crippen MR) is 127 cm³/mol. The summed E-state index contributed by atoms with van der Waals surface area (Å²) in [5.41, 5.74) is 1.07. The van der Waals surface area contributed by atoms with Gasteiger partial charge in [0.1, 0.15) is 48.0 Å². The molecule has 0 fully saturated rings. The maximum Gasteiger partial charge on any atom is 0.123 e. The second-order valence-corrected chi connectivity index (χ2v) is 10.8. The van der Waals surface area contributed by atoms with Crippen molar-refractivity contribution in [2.75, 3.05) is 13.3 Å². The minimum Gasteiger partial charge on any atom is -0.491 e. The minimum absolute atomic E-state index is 0.0313. The van der Waals surface area contributed by atoms with Crippen molar-refractivity contribution in [2.24, 2.45) is 0 Å². The Hall–Kier alpha value is -3.03. The maximum absolute atomic E-state index is 13.6. The Bertz CT molecular complexity index is 1060. The first-order valence-electron chi connectivity index (χ1n) is 10.3. The molecule has 0 saturated heterocycles. The van der Waals surface area contributed by atoms with Crippen molar-refractivity contribution in [2.45, 2.75) is 6.16 Å². The van der Waals surface area contributed by atoms with Crippen LogP contribution in [0.1, 0.15) is 5.56 Å². The van der Waals surface area contributed by atoms with Gasteiger partial charge < -0.3 is 4.74 Å². The first-order valence-corrected chi connectivity index (χ1v) is 12.2. The van der Waals surface area contributed by atoms with E-state index in [1.54, 1.807) is 0 Å². The van der Waals surface area contributed by atoms with E-state index in [9.17, 15) is 8.78 Å². The van der Waals surface area contributed by atoms with Gasteiger partial charge in [0.15, 0.2) is 0 Å². The van der Waals surface area contributed by atoms with Gasteiger partial charge in [-0.2, -0.15) is 0 Å². The SMILES string of the molecule is Fc1ccc(C[P+](c2ccccc2)(c2ccccc2)c2cccc(OCC[18F])c2)cc1. The molecule has 4 aromatic carbocycles. The minimum atomic E-state index is -2.15. The number of hydrogen-bond acceptors (Lipinski definition) is 1. The van der Waals surface area contributed by atoms with E-state index < -0.39 is 13.9 Å². The number of rotatable bonds is 8. The smallest absolute Gasteiger partial charge is 0.123 e. The standard InChI is InChI=1S/C27H24F2OP/c28-18-19-30-24-8-7-13-27(20-24)31(25-9-3-1-4-10-25,26-11-5-2-6-12-26)21-22-14-16-23(29)17-15-22/h1-17,20H,18-19,21H2/q+1/i28-1. The Kier molecular flexibility index (Phi) is 6.74. The van der Waals surface area contributed by atoms with Gasteiger partial charge in [0.05, 0.1) is 6.16 Å². The molecule has 0 heterocycles. The molecule has 0 aliphatic rings. The van der Waals surface area contributed by atoms with Crippen molar-refractivity contribution in [3.8, 4) is 5.75 Å². The van der Waals surface area contributed by atoms with Gasteiger partial charge in [0.25, 0.3) is 0 Å². The van der Waals surface area contributed by atoms with Crippen LogP contribution in [0.4, 0.5) is 8.78 Å². The summed E-state index contributed by atoms with van der Waals surface area (Å²) in [5.74, 6) is 0.416. The molecule has 0 N–H and O–H groups in total. The predicted octanol–water partition coefficient (Wildman–Crippen LogP) is 5.67. The van der Waals surface area contributed by atoms with E-state index in [0.29, 0.717) is 5.75 Å². The molecule has 0 bridgehead atoms. The Labute approximate surface area is 182 Å². The summed E-state index contributed by atoms with van der Waals surface area (Å²) in [7, 11) is -2.15. The highest BCUT2D eigenvalue weighted by Crippen LogP contribution is 2.58. The molecule has 1 nitrogen and oxygen atoms in total. The van der Waals surface area contributed by atoms with Crippen LogP contribution in [0.15, 0.2) is 109 Å². The second kappa shape index (κ2) is 9.85. The zero-order chi connectivity index (χ0) is 21.5. The summed E-state index contributed by atoms with van der Waals surface area (Å²) in [4.78, 5) is 0. The van der Waals surface area contributed by atoms with Gasteiger partial charge in [-0.05, 0) is 54.1 Å². The molecule has 0 radical (unpaired) electrons. The second-order valence-electron chi connectivity index (χ2n) is 7.30. The van der Waals surface area contributed by atoms with Crippen LogP contribution in [0.5, 0.6) is 5.75 Å². The molecule has 4 aromatic rings. The Morgan fingerprint density at radius 1 is 0.645 bits per heavy atom. The third kappa shape index (κ3) is 4.68. The van der Waals surface area contributed by atoms with Gasteiger partial charge in [0, 0.05) is 6.07 Å². The molecule has 31 heavy (non-hydrogen) atoms. The Morgan fingerprint density at radius 2 is 1.23 bits per heavy atom.